The number of carbonyl (C=O) groups excluding carboxylic acids is 2. The van der Waals surface area contributed by atoms with Gasteiger partial charge in [-0.05, 0) is 30.5 Å². The van der Waals surface area contributed by atoms with Crippen molar-refractivity contribution < 1.29 is 9.59 Å². The van der Waals surface area contributed by atoms with E-state index in [0.717, 1.165) is 41.6 Å². The fourth-order valence-corrected chi connectivity index (χ4v) is 3.14. The number of benzene rings is 1. The molecule has 1 aromatic carbocycles. The van der Waals surface area contributed by atoms with Gasteiger partial charge in [0.05, 0.1) is 16.6 Å². The molecule has 2 amide bonds. The van der Waals surface area contributed by atoms with Crippen LogP contribution in [0, 0.1) is 0 Å². The fraction of sp³-hybridized carbons (Fsp3) is 0.471. The van der Waals surface area contributed by atoms with Crippen LogP contribution in [0.1, 0.15) is 45.1 Å². The quantitative estimate of drug-likeness (QED) is 0.726. The first-order chi connectivity index (χ1) is 11.1. The van der Waals surface area contributed by atoms with E-state index in [9.17, 15) is 9.59 Å². The zero-order valence-electron chi connectivity index (χ0n) is 13.6. The van der Waals surface area contributed by atoms with E-state index in [2.05, 4.69) is 22.5 Å². The third-order valence-electron chi connectivity index (χ3n) is 3.39. The molecule has 2 rings (SSSR count). The van der Waals surface area contributed by atoms with Crippen LogP contribution in [0.15, 0.2) is 18.2 Å². The van der Waals surface area contributed by atoms with Gasteiger partial charge in [0.1, 0.15) is 0 Å². The first kappa shape index (κ1) is 17.4. The number of aromatic nitrogens is 1. The predicted octanol–water partition coefficient (Wildman–Crippen LogP) is 3.49. The highest BCUT2D eigenvalue weighted by Gasteiger charge is 2.09. The van der Waals surface area contributed by atoms with E-state index in [-0.39, 0.29) is 11.8 Å². The van der Waals surface area contributed by atoms with Crippen LogP contribution >= 0.6 is 11.3 Å². The smallest absolute Gasteiger partial charge is 0.226 e. The Balaban J connectivity index is 2.01. The first-order valence-corrected chi connectivity index (χ1v) is 8.90. The summed E-state index contributed by atoms with van der Waals surface area (Å²) in [5, 5.41) is 6.35. The number of thiazole rings is 1. The van der Waals surface area contributed by atoms with Crippen LogP contribution in [-0.4, -0.2) is 23.3 Å². The topological polar surface area (TPSA) is 71.1 Å². The highest BCUT2D eigenvalue weighted by Crippen LogP contribution is 2.27. The van der Waals surface area contributed by atoms with Crippen LogP contribution in [-0.2, 0) is 16.0 Å². The summed E-state index contributed by atoms with van der Waals surface area (Å²) in [4.78, 5) is 27.9. The maximum absolute atomic E-state index is 11.9. The maximum Gasteiger partial charge on any atom is 0.226 e. The lowest BCUT2D eigenvalue weighted by Crippen LogP contribution is -2.25. The number of amides is 2. The molecule has 0 unspecified atom stereocenters. The number of hydrogen-bond acceptors (Lipinski definition) is 4. The third-order valence-corrected chi connectivity index (χ3v) is 4.33. The summed E-state index contributed by atoms with van der Waals surface area (Å²) in [5.74, 6) is 0.0286. The number of nitrogens with zero attached hydrogens (tertiary/aromatic N) is 1. The van der Waals surface area contributed by atoms with Crippen molar-refractivity contribution in [2.75, 3.05) is 11.9 Å². The van der Waals surface area contributed by atoms with E-state index >= 15 is 0 Å². The standard InChI is InChI=1S/C17H23N3O2S/c1-3-5-9-18-16(22)11-12-7-8-13-14(10-12)23-17(19-13)20-15(21)6-4-2/h7-8,10H,3-6,9,11H2,1-2H3,(H,18,22)(H,19,20,21). The maximum atomic E-state index is 11.9. The van der Waals surface area contributed by atoms with Gasteiger partial charge in [-0.25, -0.2) is 4.98 Å². The van der Waals surface area contributed by atoms with Gasteiger partial charge in [-0.3, -0.25) is 9.59 Å². The number of carbonyl (C=O) groups is 2. The van der Waals surface area contributed by atoms with Gasteiger partial charge >= 0.3 is 0 Å². The van der Waals surface area contributed by atoms with Gasteiger partial charge in [-0.15, -0.1) is 0 Å². The fourth-order valence-electron chi connectivity index (χ4n) is 2.19. The highest BCUT2D eigenvalue weighted by molar-refractivity contribution is 7.22. The number of hydrogen-bond donors (Lipinski definition) is 2. The summed E-state index contributed by atoms with van der Waals surface area (Å²) in [6, 6.07) is 5.79. The van der Waals surface area contributed by atoms with Gasteiger partial charge in [0.25, 0.3) is 0 Å². The van der Waals surface area contributed by atoms with Crippen molar-refractivity contribution in [3.05, 3.63) is 23.8 Å². The molecule has 6 heteroatoms. The lowest BCUT2D eigenvalue weighted by molar-refractivity contribution is -0.120. The van der Waals surface area contributed by atoms with Gasteiger partial charge in [-0.1, -0.05) is 37.7 Å². The average Bonchev–Trinajstić information content (AvgIpc) is 2.89. The molecule has 0 atom stereocenters. The zero-order valence-corrected chi connectivity index (χ0v) is 14.5. The largest absolute Gasteiger partial charge is 0.356 e. The van der Waals surface area contributed by atoms with Crippen molar-refractivity contribution in [1.29, 1.82) is 0 Å². The molecule has 0 radical (unpaired) electrons. The second-order valence-electron chi connectivity index (χ2n) is 5.50. The Bertz CT molecular complexity index is 682. The van der Waals surface area contributed by atoms with Crippen LogP contribution in [0.2, 0.25) is 0 Å². The molecule has 2 aromatic rings. The Morgan fingerprint density at radius 2 is 2.00 bits per heavy atom. The Hall–Kier alpha value is -1.95. The minimum atomic E-state index is -0.0120. The first-order valence-electron chi connectivity index (χ1n) is 8.08. The van der Waals surface area contributed by atoms with Gasteiger partial charge < -0.3 is 10.6 Å². The van der Waals surface area contributed by atoms with Gasteiger partial charge in [0.15, 0.2) is 5.13 Å². The Labute approximate surface area is 140 Å². The van der Waals surface area contributed by atoms with Crippen LogP contribution in [0.25, 0.3) is 10.2 Å². The van der Waals surface area contributed by atoms with Gasteiger partial charge in [-0.2, -0.15) is 0 Å². The number of rotatable bonds is 8. The average molecular weight is 333 g/mol. The Kier molecular flexibility index (Phi) is 6.52. The summed E-state index contributed by atoms with van der Waals surface area (Å²) in [6.45, 7) is 4.79. The molecular formula is C17H23N3O2S. The molecule has 0 fully saturated rings. The molecule has 0 bridgehead atoms. The molecule has 0 spiro atoms. The predicted molar refractivity (Wildman–Crippen MR) is 94.8 cm³/mol. The molecule has 2 N–H and O–H groups in total. The molecule has 1 heterocycles. The molecule has 23 heavy (non-hydrogen) atoms. The lowest BCUT2D eigenvalue weighted by Gasteiger charge is -2.04. The summed E-state index contributed by atoms with van der Waals surface area (Å²) in [6.07, 6.45) is 3.75. The second-order valence-corrected chi connectivity index (χ2v) is 6.53. The van der Waals surface area contributed by atoms with E-state index in [4.69, 9.17) is 0 Å². The van der Waals surface area contributed by atoms with Crippen molar-refractivity contribution >= 4 is 38.5 Å². The number of unbranched alkanes of at least 4 members (excludes halogenated alkanes) is 1. The van der Waals surface area contributed by atoms with Crippen LogP contribution < -0.4 is 10.6 Å². The number of fused-ring (bicyclic) bond motifs is 1. The van der Waals surface area contributed by atoms with Crippen molar-refractivity contribution in [1.82, 2.24) is 10.3 Å². The molecule has 0 saturated heterocycles. The third kappa shape index (κ3) is 5.32. The molecule has 0 aliphatic heterocycles. The Morgan fingerprint density at radius 3 is 2.74 bits per heavy atom. The molecule has 124 valence electrons. The van der Waals surface area contributed by atoms with Crippen LogP contribution in [0.4, 0.5) is 5.13 Å². The summed E-state index contributed by atoms with van der Waals surface area (Å²) in [7, 11) is 0. The summed E-state index contributed by atoms with van der Waals surface area (Å²) >= 11 is 1.44. The zero-order chi connectivity index (χ0) is 16.7. The summed E-state index contributed by atoms with van der Waals surface area (Å²) < 4.78 is 0.982. The molecule has 1 aromatic heterocycles. The SMILES string of the molecule is CCCCNC(=O)Cc1ccc2nc(NC(=O)CCC)sc2c1. The monoisotopic (exact) mass is 333 g/mol. The van der Waals surface area contributed by atoms with Gasteiger partial charge in [0.2, 0.25) is 11.8 Å². The number of anilines is 1. The lowest BCUT2D eigenvalue weighted by atomic mass is 10.1. The molecule has 0 aliphatic rings. The summed E-state index contributed by atoms with van der Waals surface area (Å²) in [5.41, 5.74) is 1.80. The Morgan fingerprint density at radius 1 is 1.17 bits per heavy atom. The van der Waals surface area contributed by atoms with Crippen LogP contribution in [0.3, 0.4) is 0 Å². The van der Waals surface area contributed by atoms with E-state index in [0.29, 0.717) is 18.0 Å². The number of nitrogens with one attached hydrogen (secondary N) is 2. The molecule has 0 aliphatic carbocycles. The second kappa shape index (κ2) is 8.62. The van der Waals surface area contributed by atoms with Crippen molar-refractivity contribution in [2.45, 2.75) is 46.0 Å². The van der Waals surface area contributed by atoms with Gasteiger partial charge in [0, 0.05) is 13.0 Å². The van der Waals surface area contributed by atoms with Crippen LogP contribution in [0.5, 0.6) is 0 Å². The van der Waals surface area contributed by atoms with Crippen molar-refractivity contribution in [2.24, 2.45) is 0 Å². The highest BCUT2D eigenvalue weighted by atomic mass is 32.1. The minimum absolute atomic E-state index is 0.0120. The molecule has 5 nitrogen and oxygen atoms in total. The van der Waals surface area contributed by atoms with E-state index in [1.54, 1.807) is 0 Å². The molecular weight excluding hydrogens is 310 g/mol. The minimum Gasteiger partial charge on any atom is -0.356 e. The van der Waals surface area contributed by atoms with Crippen molar-refractivity contribution in [3.8, 4) is 0 Å². The van der Waals surface area contributed by atoms with E-state index in [1.165, 1.54) is 11.3 Å². The normalized spacial score (nSPS) is 10.7. The van der Waals surface area contributed by atoms with Crippen molar-refractivity contribution in [3.63, 3.8) is 0 Å². The molecule has 0 saturated carbocycles. The van der Waals surface area contributed by atoms with E-state index < -0.39 is 0 Å². The van der Waals surface area contributed by atoms with E-state index in [1.807, 2.05) is 25.1 Å².